The van der Waals surface area contributed by atoms with Crippen LogP contribution in [0.25, 0.3) is 17.4 Å². The predicted octanol–water partition coefficient (Wildman–Crippen LogP) is 5.00. The number of esters is 2. The van der Waals surface area contributed by atoms with Crippen LogP contribution in [0.5, 0.6) is 0 Å². The summed E-state index contributed by atoms with van der Waals surface area (Å²) in [5.41, 5.74) is 4.47. The normalized spacial score (nSPS) is 14.8. The Kier molecular flexibility index (Phi) is 8.73. The lowest BCUT2D eigenvalue weighted by molar-refractivity contribution is -0.139. The van der Waals surface area contributed by atoms with E-state index < -0.39 is 12.0 Å². The quantitative estimate of drug-likeness (QED) is 0.258. The summed E-state index contributed by atoms with van der Waals surface area (Å²) in [6.45, 7) is 9.23. The fourth-order valence-corrected chi connectivity index (χ4v) is 6.14. The molecule has 2 aromatic heterocycles. The Labute approximate surface area is 259 Å². The molecule has 10 heteroatoms. The van der Waals surface area contributed by atoms with Gasteiger partial charge < -0.3 is 18.8 Å². The number of hydrogen-bond donors (Lipinski definition) is 0. The molecule has 0 fully saturated rings. The molecule has 0 aliphatic carbocycles. The van der Waals surface area contributed by atoms with E-state index in [-0.39, 0.29) is 24.2 Å². The second kappa shape index (κ2) is 12.5. The van der Waals surface area contributed by atoms with Gasteiger partial charge in [-0.05, 0) is 82.1 Å². The van der Waals surface area contributed by atoms with Crippen molar-refractivity contribution in [2.24, 2.45) is 4.99 Å². The molecule has 3 heterocycles. The van der Waals surface area contributed by atoms with E-state index in [1.165, 1.54) is 11.3 Å². The van der Waals surface area contributed by atoms with Crippen molar-refractivity contribution in [2.75, 3.05) is 25.6 Å². The van der Waals surface area contributed by atoms with Gasteiger partial charge in [0.1, 0.15) is 11.5 Å². The lowest BCUT2D eigenvalue weighted by atomic mass is 9.95. The van der Waals surface area contributed by atoms with Crippen LogP contribution in [0.15, 0.2) is 80.1 Å². The lowest BCUT2D eigenvalue weighted by Crippen LogP contribution is -2.39. The number of rotatable bonds is 8. The summed E-state index contributed by atoms with van der Waals surface area (Å²) in [4.78, 5) is 46.5. The maximum atomic E-state index is 13.9. The summed E-state index contributed by atoms with van der Waals surface area (Å²) < 4.78 is 18.8. The monoisotopic (exact) mass is 613 g/mol. The number of hydrogen-bond acceptors (Lipinski definition) is 9. The van der Waals surface area contributed by atoms with Crippen molar-refractivity contribution in [1.82, 2.24) is 4.57 Å². The fourth-order valence-electron chi connectivity index (χ4n) is 5.12. The van der Waals surface area contributed by atoms with Crippen molar-refractivity contribution in [2.45, 2.75) is 46.8 Å². The van der Waals surface area contributed by atoms with E-state index in [1.54, 1.807) is 42.7 Å². The molecule has 2 aromatic carbocycles. The van der Waals surface area contributed by atoms with Crippen molar-refractivity contribution in [1.29, 1.82) is 0 Å². The number of furan rings is 1. The SMILES string of the molecule is CCOC(=O)C1=C(C)N=c2s/c(=C/c3ccc(-c4ccc(C(=O)OC(C)C)cc4C)o3)c(=O)n2[C@H]1c1ccc(N(C)C)cc1. The highest BCUT2D eigenvalue weighted by molar-refractivity contribution is 7.07. The fraction of sp³-hybridized carbons (Fsp3) is 0.294. The molecule has 0 bridgehead atoms. The topological polar surface area (TPSA) is 103 Å². The van der Waals surface area contributed by atoms with Gasteiger partial charge in [0.15, 0.2) is 4.80 Å². The van der Waals surface area contributed by atoms with Crippen molar-refractivity contribution in [3.05, 3.63) is 108 Å². The molecule has 9 nitrogen and oxygen atoms in total. The van der Waals surface area contributed by atoms with E-state index in [0.717, 1.165) is 22.4 Å². The van der Waals surface area contributed by atoms with Crippen LogP contribution in [0.1, 0.15) is 61.0 Å². The minimum Gasteiger partial charge on any atom is -0.463 e. The smallest absolute Gasteiger partial charge is 0.338 e. The van der Waals surface area contributed by atoms with Gasteiger partial charge in [-0.1, -0.05) is 29.5 Å². The molecule has 0 amide bonds. The Morgan fingerprint density at radius 1 is 1.07 bits per heavy atom. The number of allylic oxidation sites excluding steroid dienone is 1. The Balaban J connectivity index is 1.55. The van der Waals surface area contributed by atoms with Gasteiger partial charge in [-0.15, -0.1) is 0 Å². The molecule has 1 atom stereocenters. The third kappa shape index (κ3) is 6.03. The van der Waals surface area contributed by atoms with Crippen molar-refractivity contribution >= 4 is 35.0 Å². The average molecular weight is 614 g/mol. The molecule has 44 heavy (non-hydrogen) atoms. The molecule has 1 aliphatic rings. The highest BCUT2D eigenvalue weighted by atomic mass is 32.1. The number of anilines is 1. The van der Waals surface area contributed by atoms with Gasteiger partial charge in [0.2, 0.25) is 0 Å². The summed E-state index contributed by atoms with van der Waals surface area (Å²) in [6.07, 6.45) is 1.48. The van der Waals surface area contributed by atoms with Crippen LogP contribution in [-0.2, 0) is 14.3 Å². The molecule has 0 radical (unpaired) electrons. The second-order valence-electron chi connectivity index (χ2n) is 11.0. The van der Waals surface area contributed by atoms with Crippen LogP contribution in [0.2, 0.25) is 0 Å². The molecule has 4 aromatic rings. The van der Waals surface area contributed by atoms with Crippen molar-refractivity contribution in [3.8, 4) is 11.3 Å². The van der Waals surface area contributed by atoms with Gasteiger partial charge >= 0.3 is 11.9 Å². The van der Waals surface area contributed by atoms with Gasteiger partial charge in [0, 0.05) is 31.4 Å². The third-order valence-corrected chi connectivity index (χ3v) is 8.20. The molecule has 0 unspecified atom stereocenters. The molecule has 0 saturated carbocycles. The number of aryl methyl sites for hydroxylation is 1. The Morgan fingerprint density at radius 3 is 2.43 bits per heavy atom. The van der Waals surface area contributed by atoms with Crippen LogP contribution < -0.4 is 19.8 Å². The summed E-state index contributed by atoms with van der Waals surface area (Å²) in [5.74, 6) is 0.212. The highest BCUT2D eigenvalue weighted by Crippen LogP contribution is 2.32. The first-order chi connectivity index (χ1) is 21.0. The van der Waals surface area contributed by atoms with E-state index in [9.17, 15) is 14.4 Å². The van der Waals surface area contributed by atoms with E-state index in [4.69, 9.17) is 13.9 Å². The molecular formula is C34H35N3O6S. The molecule has 1 aliphatic heterocycles. The number of nitrogens with zero attached hydrogens (tertiary/aromatic N) is 3. The molecular weight excluding hydrogens is 578 g/mol. The standard InChI is InChI=1S/C34H35N3O6S/c1-8-41-33(40)29-21(5)35-34-37(30(29)22-9-12-24(13-10-22)36(6)7)31(38)28(44-34)18-25-14-16-27(43-25)26-15-11-23(17-20(26)4)32(39)42-19(2)3/h9-19,30H,8H2,1-7H3/b28-18+/t30-/m0/s1. The highest BCUT2D eigenvalue weighted by Gasteiger charge is 2.33. The zero-order valence-electron chi connectivity index (χ0n) is 25.8. The minimum absolute atomic E-state index is 0.206. The van der Waals surface area contributed by atoms with Crippen LogP contribution in [-0.4, -0.2) is 43.3 Å². The summed E-state index contributed by atoms with van der Waals surface area (Å²) >= 11 is 1.23. The average Bonchev–Trinajstić information content (AvgIpc) is 3.55. The third-order valence-electron chi connectivity index (χ3n) is 7.21. The number of carbonyl (C=O) groups excluding carboxylic acids is 2. The first-order valence-electron chi connectivity index (χ1n) is 14.4. The largest absolute Gasteiger partial charge is 0.463 e. The molecule has 0 N–H and O–H groups in total. The Morgan fingerprint density at radius 2 is 1.80 bits per heavy atom. The number of aromatic nitrogens is 1. The lowest BCUT2D eigenvalue weighted by Gasteiger charge is -2.25. The van der Waals surface area contributed by atoms with E-state index in [1.807, 2.05) is 76.2 Å². The summed E-state index contributed by atoms with van der Waals surface area (Å²) in [6, 6.07) is 16.0. The van der Waals surface area contributed by atoms with Crippen LogP contribution >= 0.6 is 11.3 Å². The van der Waals surface area contributed by atoms with Gasteiger partial charge in [0.25, 0.3) is 5.56 Å². The van der Waals surface area contributed by atoms with Crippen LogP contribution in [0.3, 0.4) is 0 Å². The Hall–Kier alpha value is -4.70. The zero-order valence-corrected chi connectivity index (χ0v) is 26.7. The Bertz CT molecular complexity index is 1940. The van der Waals surface area contributed by atoms with Gasteiger partial charge in [-0.3, -0.25) is 9.36 Å². The number of carbonyl (C=O) groups is 2. The number of ether oxygens (including phenoxy) is 2. The minimum atomic E-state index is -0.695. The first-order valence-corrected chi connectivity index (χ1v) is 15.2. The van der Waals surface area contributed by atoms with E-state index in [0.29, 0.717) is 37.7 Å². The number of fused-ring (bicyclic) bond motifs is 1. The van der Waals surface area contributed by atoms with E-state index in [2.05, 4.69) is 4.99 Å². The molecule has 228 valence electrons. The second-order valence-corrected chi connectivity index (χ2v) is 12.0. The van der Waals surface area contributed by atoms with Gasteiger partial charge in [-0.2, -0.15) is 0 Å². The molecule has 0 spiro atoms. The molecule has 0 saturated heterocycles. The van der Waals surface area contributed by atoms with Crippen LogP contribution in [0, 0.1) is 6.92 Å². The van der Waals surface area contributed by atoms with Crippen molar-refractivity contribution < 1.29 is 23.5 Å². The summed E-state index contributed by atoms with van der Waals surface area (Å²) in [7, 11) is 3.90. The first kappa shape index (κ1) is 30.7. The zero-order chi connectivity index (χ0) is 31.7. The van der Waals surface area contributed by atoms with E-state index >= 15 is 0 Å². The maximum absolute atomic E-state index is 13.9. The van der Waals surface area contributed by atoms with Crippen molar-refractivity contribution in [3.63, 3.8) is 0 Å². The predicted molar refractivity (Wildman–Crippen MR) is 171 cm³/mol. The maximum Gasteiger partial charge on any atom is 0.338 e. The number of thiazole rings is 1. The van der Waals surface area contributed by atoms with Gasteiger partial charge in [0.05, 0.1) is 40.1 Å². The number of benzene rings is 2. The molecule has 5 rings (SSSR count). The van der Waals surface area contributed by atoms with Gasteiger partial charge in [-0.25, -0.2) is 14.6 Å². The van der Waals surface area contributed by atoms with Crippen LogP contribution in [0.4, 0.5) is 5.69 Å². The summed E-state index contributed by atoms with van der Waals surface area (Å²) in [5, 5.41) is 0.